The van der Waals surface area contributed by atoms with E-state index >= 15 is 0 Å². The van der Waals surface area contributed by atoms with E-state index in [1.165, 1.54) is 18.2 Å². The van der Waals surface area contributed by atoms with Crippen LogP contribution in [-0.4, -0.2) is 20.7 Å². The van der Waals surface area contributed by atoms with Gasteiger partial charge in [0.15, 0.2) is 5.82 Å². The average Bonchev–Trinajstić information content (AvgIpc) is 3.06. The smallest absolute Gasteiger partial charge is 0.255 e. The normalized spacial score (nSPS) is 13.3. The van der Waals surface area contributed by atoms with Crippen LogP contribution in [0.15, 0.2) is 48.5 Å². The Balaban J connectivity index is 1.60. The van der Waals surface area contributed by atoms with Crippen molar-refractivity contribution in [2.75, 3.05) is 5.32 Å². The van der Waals surface area contributed by atoms with Gasteiger partial charge in [-0.15, -0.1) is 10.2 Å². The molecule has 0 spiro atoms. The number of amides is 1. The van der Waals surface area contributed by atoms with E-state index in [1.54, 1.807) is 12.1 Å². The number of fused-ring (bicyclic) bond motifs is 1. The monoisotopic (exact) mass is 336 g/mol. The van der Waals surface area contributed by atoms with Crippen molar-refractivity contribution in [1.82, 2.24) is 14.8 Å². The minimum absolute atomic E-state index is 0.283. The van der Waals surface area contributed by atoms with E-state index in [9.17, 15) is 9.18 Å². The summed E-state index contributed by atoms with van der Waals surface area (Å²) in [6.07, 6.45) is 3.21. The fourth-order valence-electron chi connectivity index (χ4n) is 3.09. The number of aromatic nitrogens is 3. The zero-order chi connectivity index (χ0) is 17.2. The van der Waals surface area contributed by atoms with Crippen LogP contribution in [0.3, 0.4) is 0 Å². The number of nitrogens with one attached hydrogen (secondary N) is 1. The Hall–Kier alpha value is -3.02. The fourth-order valence-corrected chi connectivity index (χ4v) is 3.09. The van der Waals surface area contributed by atoms with Gasteiger partial charge in [-0.2, -0.15) is 0 Å². The summed E-state index contributed by atoms with van der Waals surface area (Å²) in [5, 5.41) is 11.4. The maximum atomic E-state index is 13.3. The number of rotatable bonds is 3. The van der Waals surface area contributed by atoms with Crippen molar-refractivity contribution < 1.29 is 9.18 Å². The van der Waals surface area contributed by atoms with Crippen molar-refractivity contribution in [3.63, 3.8) is 0 Å². The van der Waals surface area contributed by atoms with Crippen molar-refractivity contribution in [2.24, 2.45) is 0 Å². The minimum Gasteiger partial charge on any atom is -0.322 e. The zero-order valence-corrected chi connectivity index (χ0v) is 13.6. The average molecular weight is 336 g/mol. The van der Waals surface area contributed by atoms with Gasteiger partial charge in [0.2, 0.25) is 0 Å². The molecule has 25 heavy (non-hydrogen) atoms. The largest absolute Gasteiger partial charge is 0.322 e. The van der Waals surface area contributed by atoms with Crippen molar-refractivity contribution in [3.05, 3.63) is 65.7 Å². The Morgan fingerprint density at radius 2 is 1.96 bits per heavy atom. The van der Waals surface area contributed by atoms with Gasteiger partial charge in [0, 0.05) is 29.8 Å². The molecule has 6 heteroatoms. The van der Waals surface area contributed by atoms with Gasteiger partial charge in [0.1, 0.15) is 11.6 Å². The third kappa shape index (κ3) is 3.15. The second-order valence-corrected chi connectivity index (χ2v) is 6.09. The molecule has 126 valence electrons. The molecule has 2 heterocycles. The highest BCUT2D eigenvalue weighted by Crippen LogP contribution is 2.25. The van der Waals surface area contributed by atoms with E-state index < -0.39 is 5.82 Å². The Kier molecular flexibility index (Phi) is 4.01. The van der Waals surface area contributed by atoms with Gasteiger partial charge in [0.25, 0.3) is 5.91 Å². The lowest BCUT2D eigenvalue weighted by Gasteiger charge is -2.15. The van der Waals surface area contributed by atoms with Gasteiger partial charge >= 0.3 is 0 Å². The molecule has 0 bridgehead atoms. The van der Waals surface area contributed by atoms with Crippen LogP contribution in [0.2, 0.25) is 0 Å². The number of nitrogens with zero attached hydrogens (tertiary/aromatic N) is 3. The molecule has 4 rings (SSSR count). The summed E-state index contributed by atoms with van der Waals surface area (Å²) in [5.74, 6) is 1.04. The van der Waals surface area contributed by atoms with E-state index in [4.69, 9.17) is 0 Å². The molecule has 5 nitrogen and oxygen atoms in total. The lowest BCUT2D eigenvalue weighted by Crippen LogP contribution is -2.13. The van der Waals surface area contributed by atoms with Crippen molar-refractivity contribution in [3.8, 4) is 11.4 Å². The molecule has 0 saturated heterocycles. The van der Waals surface area contributed by atoms with E-state index in [-0.39, 0.29) is 11.5 Å². The number of benzene rings is 2. The van der Waals surface area contributed by atoms with Gasteiger partial charge in [-0.25, -0.2) is 4.39 Å². The third-order valence-corrected chi connectivity index (χ3v) is 4.32. The second-order valence-electron chi connectivity index (χ2n) is 6.09. The zero-order valence-electron chi connectivity index (χ0n) is 13.6. The van der Waals surface area contributed by atoms with Crippen molar-refractivity contribution in [1.29, 1.82) is 0 Å². The molecule has 0 fully saturated rings. The van der Waals surface area contributed by atoms with Gasteiger partial charge in [0.05, 0.1) is 0 Å². The molecule has 1 aromatic heterocycles. The maximum Gasteiger partial charge on any atom is 0.255 e. The molecule has 3 aromatic rings. The summed E-state index contributed by atoms with van der Waals surface area (Å²) in [5.41, 5.74) is 1.82. The number of carbonyl (C=O) groups excluding carboxylic acids is 1. The van der Waals surface area contributed by atoms with E-state index in [2.05, 4.69) is 20.1 Å². The molecule has 2 aromatic carbocycles. The predicted octanol–water partition coefficient (Wildman–Crippen LogP) is 3.67. The van der Waals surface area contributed by atoms with E-state index in [0.717, 1.165) is 43.0 Å². The molecule has 1 aliphatic rings. The summed E-state index contributed by atoms with van der Waals surface area (Å²) in [6, 6.07) is 13.1. The Bertz CT molecular complexity index is 935. The van der Waals surface area contributed by atoms with E-state index in [1.807, 2.05) is 18.2 Å². The molecule has 0 atom stereocenters. The predicted molar refractivity (Wildman–Crippen MR) is 92.7 cm³/mol. The first kappa shape index (κ1) is 15.5. The number of hydrogen-bond donors (Lipinski definition) is 1. The SMILES string of the molecule is O=C(Nc1cccc(-c2nnc3n2CCCC3)c1)c1cccc(F)c1. The Labute approximate surface area is 144 Å². The first-order chi connectivity index (χ1) is 12.2. The first-order valence-electron chi connectivity index (χ1n) is 8.30. The standard InChI is InChI=1S/C19H17FN4O/c20-15-7-3-6-14(11-15)19(25)21-16-8-4-5-13(12-16)18-23-22-17-9-1-2-10-24(17)18/h3-8,11-12H,1-2,9-10H2,(H,21,25). The van der Waals surface area contributed by atoms with Gasteiger partial charge in [-0.1, -0.05) is 18.2 Å². The van der Waals surface area contributed by atoms with Crippen LogP contribution >= 0.6 is 0 Å². The number of halogens is 1. The fraction of sp³-hybridized carbons (Fsp3) is 0.211. The highest BCUT2D eigenvalue weighted by atomic mass is 19.1. The molecule has 0 radical (unpaired) electrons. The topological polar surface area (TPSA) is 59.8 Å². The van der Waals surface area contributed by atoms with Gasteiger partial charge in [-0.3, -0.25) is 4.79 Å². The third-order valence-electron chi connectivity index (χ3n) is 4.32. The summed E-state index contributed by atoms with van der Waals surface area (Å²) in [6.45, 7) is 0.914. The summed E-state index contributed by atoms with van der Waals surface area (Å²) < 4.78 is 15.4. The first-order valence-corrected chi connectivity index (χ1v) is 8.30. The van der Waals surface area contributed by atoms with E-state index in [0.29, 0.717) is 5.69 Å². The molecular formula is C19H17FN4O. The minimum atomic E-state index is -0.434. The van der Waals surface area contributed by atoms with Crippen LogP contribution in [0.5, 0.6) is 0 Å². The highest BCUT2D eigenvalue weighted by Gasteiger charge is 2.17. The molecular weight excluding hydrogens is 319 g/mol. The van der Waals surface area contributed by atoms with Crippen molar-refractivity contribution in [2.45, 2.75) is 25.8 Å². The number of carbonyl (C=O) groups is 1. The molecule has 1 N–H and O–H groups in total. The molecule has 0 saturated carbocycles. The molecule has 1 aliphatic heterocycles. The number of hydrogen-bond acceptors (Lipinski definition) is 3. The molecule has 1 amide bonds. The molecule has 0 unspecified atom stereocenters. The number of anilines is 1. The van der Waals surface area contributed by atoms with Crippen LogP contribution < -0.4 is 5.32 Å². The van der Waals surface area contributed by atoms with Gasteiger partial charge in [-0.05, 0) is 43.2 Å². The van der Waals surface area contributed by atoms with Crippen LogP contribution in [0.25, 0.3) is 11.4 Å². The lowest BCUT2D eigenvalue weighted by molar-refractivity contribution is 0.102. The van der Waals surface area contributed by atoms with Gasteiger partial charge < -0.3 is 9.88 Å². The lowest BCUT2D eigenvalue weighted by atomic mass is 10.1. The van der Waals surface area contributed by atoms with Crippen LogP contribution in [0, 0.1) is 5.82 Å². The summed E-state index contributed by atoms with van der Waals surface area (Å²) in [7, 11) is 0. The molecule has 0 aliphatic carbocycles. The quantitative estimate of drug-likeness (QED) is 0.794. The van der Waals surface area contributed by atoms with Crippen LogP contribution in [0.4, 0.5) is 10.1 Å². The van der Waals surface area contributed by atoms with Crippen LogP contribution in [-0.2, 0) is 13.0 Å². The summed E-state index contributed by atoms with van der Waals surface area (Å²) in [4.78, 5) is 12.3. The maximum absolute atomic E-state index is 13.3. The second kappa shape index (κ2) is 6.47. The Morgan fingerprint density at radius 3 is 2.84 bits per heavy atom. The van der Waals surface area contributed by atoms with Crippen molar-refractivity contribution >= 4 is 11.6 Å². The summed E-state index contributed by atoms with van der Waals surface area (Å²) >= 11 is 0. The highest BCUT2D eigenvalue weighted by molar-refractivity contribution is 6.04. The number of aryl methyl sites for hydroxylation is 1. The Morgan fingerprint density at radius 1 is 1.08 bits per heavy atom. The van der Waals surface area contributed by atoms with Crippen LogP contribution in [0.1, 0.15) is 29.0 Å².